The summed E-state index contributed by atoms with van der Waals surface area (Å²) in [6.07, 6.45) is 6.53. The Labute approximate surface area is 61.0 Å². The Bertz CT molecular complexity index is 169. The van der Waals surface area contributed by atoms with E-state index in [1.165, 1.54) is 11.1 Å². The van der Waals surface area contributed by atoms with E-state index in [1.807, 2.05) is 0 Å². The Morgan fingerprint density at radius 2 is 2.30 bits per heavy atom. The molecule has 0 bridgehead atoms. The Morgan fingerprint density at radius 1 is 1.30 bits per heavy atom. The Kier molecular flexibility index (Phi) is 1.52. The molecule has 0 saturated heterocycles. The lowest BCUT2D eigenvalue weighted by Crippen LogP contribution is -2.32. The summed E-state index contributed by atoms with van der Waals surface area (Å²) in [7, 11) is 0. The van der Waals surface area contributed by atoms with Crippen LogP contribution in [0.5, 0.6) is 0 Å². The van der Waals surface area contributed by atoms with E-state index in [2.05, 4.69) is 22.8 Å². The number of hydrogen-bond acceptors (Lipinski definition) is 2. The maximum Gasteiger partial charge on any atom is 0.119 e. The number of nitrogens with one attached hydrogen (secondary N) is 2. The van der Waals surface area contributed by atoms with Crippen molar-refractivity contribution in [1.82, 2.24) is 10.6 Å². The first kappa shape index (κ1) is 6.05. The minimum Gasteiger partial charge on any atom is -0.337 e. The fourth-order valence-corrected chi connectivity index (χ4v) is 1.27. The number of rotatable bonds is 0. The van der Waals surface area contributed by atoms with E-state index in [1.54, 1.807) is 0 Å². The summed E-state index contributed by atoms with van der Waals surface area (Å²) < 4.78 is 0. The molecular weight excluding hydrogens is 124 g/mol. The van der Waals surface area contributed by atoms with Crippen molar-refractivity contribution in [2.75, 3.05) is 26.2 Å². The maximum absolute atomic E-state index is 3.26. The highest BCUT2D eigenvalue weighted by molar-refractivity contribution is 5.33. The summed E-state index contributed by atoms with van der Waals surface area (Å²) in [6.45, 7) is 3.73. The fraction of sp³-hybridized carbons (Fsp3) is 0.500. The molecule has 0 amide bonds. The first-order valence-electron chi connectivity index (χ1n) is 3.58. The Balaban J connectivity index is 2.25. The first-order valence-corrected chi connectivity index (χ1v) is 3.58. The van der Waals surface area contributed by atoms with Gasteiger partial charge in [-0.2, -0.15) is 6.08 Å². The SMILES string of the molecule is [C+]1=C2CNC[C-]=C2CNC1. The van der Waals surface area contributed by atoms with Crippen molar-refractivity contribution >= 4 is 0 Å². The van der Waals surface area contributed by atoms with E-state index < -0.39 is 0 Å². The molecule has 0 atom stereocenters. The average Bonchev–Trinajstić information content (AvgIpc) is 2.05. The standard InChI is InChI=1S/C8H10N2/c1-3-9-6-8-2-4-10-5-7(1)8/h9-10H,3-6H2. The molecule has 2 aliphatic rings. The van der Waals surface area contributed by atoms with Crippen molar-refractivity contribution in [2.45, 2.75) is 0 Å². The molecule has 2 nitrogen and oxygen atoms in total. The predicted molar refractivity (Wildman–Crippen MR) is 39.3 cm³/mol. The second-order valence-electron chi connectivity index (χ2n) is 2.52. The predicted octanol–water partition coefficient (Wildman–Crippen LogP) is -0.348. The van der Waals surface area contributed by atoms with Crippen molar-refractivity contribution in [1.29, 1.82) is 0 Å². The van der Waals surface area contributed by atoms with Gasteiger partial charge < -0.3 is 5.32 Å². The van der Waals surface area contributed by atoms with Crippen LogP contribution < -0.4 is 10.6 Å². The van der Waals surface area contributed by atoms with Gasteiger partial charge in [-0.3, -0.25) is 5.32 Å². The molecule has 2 heterocycles. The van der Waals surface area contributed by atoms with E-state index in [4.69, 9.17) is 0 Å². The van der Waals surface area contributed by atoms with Crippen molar-refractivity contribution in [2.24, 2.45) is 0 Å². The Morgan fingerprint density at radius 3 is 3.20 bits per heavy atom. The number of fused-ring (bicyclic) bond motifs is 1. The minimum atomic E-state index is 0.891. The van der Waals surface area contributed by atoms with Crippen LogP contribution in [0.4, 0.5) is 0 Å². The molecule has 0 unspecified atom stereocenters. The molecule has 0 aromatic heterocycles. The van der Waals surface area contributed by atoms with E-state index in [0.29, 0.717) is 0 Å². The molecule has 0 aromatic rings. The van der Waals surface area contributed by atoms with Crippen LogP contribution in [0.25, 0.3) is 0 Å². The lowest BCUT2D eigenvalue weighted by molar-refractivity contribution is 0.696. The molecular formula is C8H10N2. The van der Waals surface area contributed by atoms with Gasteiger partial charge in [-0.25, -0.2) is 0 Å². The first-order chi connectivity index (χ1) is 4.97. The molecule has 2 heteroatoms. The van der Waals surface area contributed by atoms with Crippen LogP contribution in [0.2, 0.25) is 0 Å². The normalized spacial score (nSPS) is 24.0. The highest BCUT2D eigenvalue weighted by atomic mass is 14.9. The van der Waals surface area contributed by atoms with E-state index in [9.17, 15) is 0 Å². The van der Waals surface area contributed by atoms with E-state index >= 15 is 0 Å². The van der Waals surface area contributed by atoms with Gasteiger partial charge in [-0.1, -0.05) is 5.57 Å². The molecule has 2 aliphatic heterocycles. The van der Waals surface area contributed by atoms with E-state index in [0.717, 1.165) is 26.2 Å². The van der Waals surface area contributed by atoms with Gasteiger partial charge in [0.15, 0.2) is 0 Å². The molecule has 0 aliphatic carbocycles. The van der Waals surface area contributed by atoms with Crippen LogP contribution in [0.15, 0.2) is 11.1 Å². The van der Waals surface area contributed by atoms with Crippen molar-refractivity contribution < 1.29 is 0 Å². The molecule has 0 fully saturated rings. The summed E-state index contributed by atoms with van der Waals surface area (Å²) in [5, 5.41) is 6.45. The molecule has 0 saturated carbocycles. The zero-order chi connectivity index (χ0) is 6.81. The summed E-state index contributed by atoms with van der Waals surface area (Å²) in [5.41, 5.74) is 2.62. The van der Waals surface area contributed by atoms with Gasteiger partial charge in [0.2, 0.25) is 0 Å². The molecule has 0 aromatic carbocycles. The van der Waals surface area contributed by atoms with Crippen molar-refractivity contribution in [3.63, 3.8) is 0 Å². The van der Waals surface area contributed by atoms with Crippen molar-refractivity contribution in [3.05, 3.63) is 23.3 Å². The quantitative estimate of drug-likeness (QED) is 0.443. The fourth-order valence-electron chi connectivity index (χ4n) is 1.27. The van der Waals surface area contributed by atoms with Crippen LogP contribution in [0.3, 0.4) is 0 Å². The monoisotopic (exact) mass is 134 g/mol. The van der Waals surface area contributed by atoms with Crippen LogP contribution in [-0.2, 0) is 0 Å². The molecule has 0 spiro atoms. The molecule has 2 N–H and O–H groups in total. The molecule has 2 rings (SSSR count). The van der Waals surface area contributed by atoms with Crippen LogP contribution >= 0.6 is 0 Å². The summed E-state index contributed by atoms with van der Waals surface area (Å²) in [4.78, 5) is 0. The van der Waals surface area contributed by atoms with Gasteiger partial charge in [0.1, 0.15) is 6.54 Å². The topological polar surface area (TPSA) is 24.1 Å². The van der Waals surface area contributed by atoms with Gasteiger partial charge in [0.05, 0.1) is 6.54 Å². The third kappa shape index (κ3) is 0.971. The zero-order valence-corrected chi connectivity index (χ0v) is 5.83. The van der Waals surface area contributed by atoms with Gasteiger partial charge in [0, 0.05) is 5.57 Å². The summed E-state index contributed by atoms with van der Waals surface area (Å²) >= 11 is 0. The second kappa shape index (κ2) is 2.51. The summed E-state index contributed by atoms with van der Waals surface area (Å²) in [6, 6.07) is 0. The smallest absolute Gasteiger partial charge is 0.119 e. The third-order valence-corrected chi connectivity index (χ3v) is 1.82. The third-order valence-electron chi connectivity index (χ3n) is 1.82. The van der Waals surface area contributed by atoms with Gasteiger partial charge in [0.25, 0.3) is 0 Å². The highest BCUT2D eigenvalue weighted by Gasteiger charge is 2.12. The van der Waals surface area contributed by atoms with Crippen LogP contribution in [0, 0.1) is 12.2 Å². The number of hydrogen-bond donors (Lipinski definition) is 2. The minimum absolute atomic E-state index is 0.891. The molecule has 52 valence electrons. The van der Waals surface area contributed by atoms with Crippen LogP contribution in [0.1, 0.15) is 0 Å². The largest absolute Gasteiger partial charge is 0.337 e. The Hall–Kier alpha value is -0.690. The van der Waals surface area contributed by atoms with Crippen LogP contribution in [-0.4, -0.2) is 26.2 Å². The molecule has 10 heavy (non-hydrogen) atoms. The highest BCUT2D eigenvalue weighted by Crippen LogP contribution is 2.12. The lowest BCUT2D eigenvalue weighted by Gasteiger charge is -2.21. The van der Waals surface area contributed by atoms with Crippen molar-refractivity contribution in [3.8, 4) is 0 Å². The van der Waals surface area contributed by atoms with Gasteiger partial charge >= 0.3 is 0 Å². The van der Waals surface area contributed by atoms with Gasteiger partial charge in [-0.05, 0) is 19.2 Å². The van der Waals surface area contributed by atoms with E-state index in [-0.39, 0.29) is 0 Å². The maximum atomic E-state index is 3.26. The average molecular weight is 134 g/mol. The molecule has 0 radical (unpaired) electrons. The summed E-state index contributed by atoms with van der Waals surface area (Å²) in [5.74, 6) is 0. The zero-order valence-electron chi connectivity index (χ0n) is 5.83. The lowest BCUT2D eigenvalue weighted by atomic mass is 10.00. The second-order valence-corrected chi connectivity index (χ2v) is 2.52. The van der Waals surface area contributed by atoms with Gasteiger partial charge in [-0.15, -0.1) is 0 Å².